The Morgan fingerprint density at radius 1 is 1.00 bits per heavy atom. The number of carbonyl (C=O) groups excluding carboxylic acids is 2. The van der Waals surface area contributed by atoms with Crippen LogP contribution < -0.4 is 0 Å². The average molecular weight is 473 g/mol. The zero-order valence-corrected chi connectivity index (χ0v) is 18.2. The normalized spacial score (nSPS) is 11.3. The topological polar surface area (TPSA) is 60.7 Å². The minimum Gasteiger partial charge on any atom is -0.462 e. The van der Waals surface area contributed by atoms with Gasteiger partial charge in [0.25, 0.3) is 0 Å². The maximum absolute atomic E-state index is 13.5. The van der Waals surface area contributed by atoms with Crippen LogP contribution >= 0.6 is 15.9 Å². The maximum Gasteiger partial charge on any atom is 0.340 e. The summed E-state index contributed by atoms with van der Waals surface area (Å²) in [7, 11) is 0. The molecule has 152 valence electrons. The van der Waals surface area contributed by atoms with E-state index < -0.39 is 5.97 Å². The molecule has 0 aliphatic heterocycles. The maximum atomic E-state index is 13.5. The molecule has 0 atom stereocenters. The quantitative estimate of drug-likeness (QED) is 0.188. The lowest BCUT2D eigenvalue weighted by molar-refractivity contribution is 0.0529. The average Bonchev–Trinajstić information content (AvgIpc) is 3.19. The molecule has 3 aromatic heterocycles. The summed E-state index contributed by atoms with van der Waals surface area (Å²) < 4.78 is 7.99. The summed E-state index contributed by atoms with van der Waals surface area (Å²) >= 11 is 3.40. The van der Waals surface area contributed by atoms with Crippen molar-refractivity contribution in [3.8, 4) is 0 Å². The number of carbonyl (C=O) groups is 2. The summed E-state index contributed by atoms with van der Waals surface area (Å²) in [5.41, 5.74) is 3.45. The van der Waals surface area contributed by atoms with Gasteiger partial charge in [0, 0.05) is 27.0 Å². The molecule has 0 amide bonds. The first-order valence-electron chi connectivity index (χ1n) is 9.88. The molecule has 3 heterocycles. The van der Waals surface area contributed by atoms with Crippen LogP contribution in [-0.2, 0) is 4.74 Å². The number of pyridine rings is 2. The van der Waals surface area contributed by atoms with E-state index in [1.165, 1.54) is 0 Å². The fraction of sp³-hybridized carbons (Fsp3) is 0.0800. The highest BCUT2D eigenvalue weighted by atomic mass is 79.9. The number of aromatic nitrogens is 2. The Hall–Kier alpha value is -3.51. The molecule has 0 radical (unpaired) electrons. The van der Waals surface area contributed by atoms with Crippen LogP contribution in [0.25, 0.3) is 27.3 Å². The summed E-state index contributed by atoms with van der Waals surface area (Å²) in [6.45, 7) is 2.02. The molecule has 0 bridgehead atoms. The summed E-state index contributed by atoms with van der Waals surface area (Å²) in [6.07, 6.45) is 1.73. The van der Waals surface area contributed by atoms with E-state index in [9.17, 15) is 9.59 Å². The van der Waals surface area contributed by atoms with E-state index in [2.05, 4.69) is 20.9 Å². The van der Waals surface area contributed by atoms with Gasteiger partial charge in [-0.3, -0.25) is 9.78 Å². The van der Waals surface area contributed by atoms with Crippen molar-refractivity contribution in [2.75, 3.05) is 6.61 Å². The van der Waals surface area contributed by atoms with Crippen molar-refractivity contribution in [1.29, 1.82) is 0 Å². The van der Waals surface area contributed by atoms with Crippen LogP contribution in [0.15, 0.2) is 77.4 Å². The fourth-order valence-corrected chi connectivity index (χ4v) is 4.17. The van der Waals surface area contributed by atoms with Crippen LogP contribution in [0.5, 0.6) is 0 Å². The Morgan fingerprint density at radius 3 is 2.52 bits per heavy atom. The molecule has 2 aromatic carbocycles. The van der Waals surface area contributed by atoms with Crippen molar-refractivity contribution in [2.45, 2.75) is 6.92 Å². The second-order valence-electron chi connectivity index (χ2n) is 7.13. The van der Waals surface area contributed by atoms with Crippen molar-refractivity contribution < 1.29 is 14.3 Å². The van der Waals surface area contributed by atoms with Crippen LogP contribution in [-0.4, -0.2) is 27.7 Å². The summed E-state index contributed by atoms with van der Waals surface area (Å²) in [4.78, 5) is 30.8. The SMILES string of the molecule is CCOC(=O)c1cc(C(=O)c2ccc(Br)cc2)n2c1ccc1ccc3cccnc3c12. The van der Waals surface area contributed by atoms with Crippen LogP contribution in [0.3, 0.4) is 0 Å². The second-order valence-corrected chi connectivity index (χ2v) is 8.05. The predicted octanol–water partition coefficient (Wildman–Crippen LogP) is 5.81. The van der Waals surface area contributed by atoms with Crippen molar-refractivity contribution in [1.82, 2.24) is 9.38 Å². The van der Waals surface area contributed by atoms with Gasteiger partial charge < -0.3 is 9.14 Å². The Bertz CT molecular complexity index is 1490. The number of ketones is 1. The minimum atomic E-state index is -0.456. The van der Waals surface area contributed by atoms with E-state index in [0.29, 0.717) is 22.3 Å². The predicted molar refractivity (Wildman–Crippen MR) is 124 cm³/mol. The molecule has 0 aliphatic carbocycles. The van der Waals surface area contributed by atoms with Gasteiger partial charge in [-0.1, -0.05) is 40.2 Å². The molecule has 0 spiro atoms. The Balaban J connectivity index is 1.89. The molecule has 6 heteroatoms. The van der Waals surface area contributed by atoms with Gasteiger partial charge in [0.05, 0.1) is 34.4 Å². The highest BCUT2D eigenvalue weighted by molar-refractivity contribution is 9.10. The number of esters is 1. The minimum absolute atomic E-state index is 0.182. The second kappa shape index (κ2) is 7.63. The largest absolute Gasteiger partial charge is 0.462 e. The number of hydrogen-bond acceptors (Lipinski definition) is 4. The third-order valence-corrected chi connectivity index (χ3v) is 5.83. The third-order valence-electron chi connectivity index (χ3n) is 5.30. The van der Waals surface area contributed by atoms with Gasteiger partial charge in [-0.25, -0.2) is 4.79 Å². The molecule has 0 fully saturated rings. The van der Waals surface area contributed by atoms with E-state index in [0.717, 1.165) is 26.3 Å². The fourth-order valence-electron chi connectivity index (χ4n) is 3.90. The zero-order valence-electron chi connectivity index (χ0n) is 16.6. The van der Waals surface area contributed by atoms with E-state index in [-0.39, 0.29) is 12.4 Å². The highest BCUT2D eigenvalue weighted by Gasteiger charge is 2.23. The van der Waals surface area contributed by atoms with Gasteiger partial charge in [0.2, 0.25) is 5.78 Å². The molecular formula is C25H17BrN2O3. The third kappa shape index (κ3) is 3.20. The van der Waals surface area contributed by atoms with Crippen molar-refractivity contribution in [3.63, 3.8) is 0 Å². The van der Waals surface area contributed by atoms with Gasteiger partial charge >= 0.3 is 5.97 Å². The first-order chi connectivity index (χ1) is 15.1. The number of rotatable bonds is 4. The Kier molecular flexibility index (Phi) is 4.79. The molecule has 31 heavy (non-hydrogen) atoms. The van der Waals surface area contributed by atoms with E-state index >= 15 is 0 Å². The first-order valence-corrected chi connectivity index (χ1v) is 10.7. The molecular weight excluding hydrogens is 456 g/mol. The van der Waals surface area contributed by atoms with Gasteiger partial charge in [0.1, 0.15) is 0 Å². The molecule has 0 N–H and O–H groups in total. The molecule has 0 saturated heterocycles. The van der Waals surface area contributed by atoms with Gasteiger partial charge in [-0.15, -0.1) is 0 Å². The Labute approximate surface area is 186 Å². The number of halogens is 1. The number of nitrogens with zero attached hydrogens (tertiary/aromatic N) is 2. The van der Waals surface area contributed by atoms with Crippen LogP contribution in [0.2, 0.25) is 0 Å². The van der Waals surface area contributed by atoms with Crippen LogP contribution in [0, 0.1) is 0 Å². The monoisotopic (exact) mass is 472 g/mol. The highest BCUT2D eigenvalue weighted by Crippen LogP contribution is 2.30. The summed E-state index contributed by atoms with van der Waals surface area (Å²) in [5, 5.41) is 1.88. The summed E-state index contributed by atoms with van der Waals surface area (Å²) in [5.74, 6) is -0.638. The van der Waals surface area contributed by atoms with Crippen molar-refractivity contribution in [3.05, 3.63) is 94.2 Å². The summed E-state index contributed by atoms with van der Waals surface area (Å²) in [6, 6.07) is 20.4. The molecule has 0 saturated carbocycles. The zero-order chi connectivity index (χ0) is 21.5. The first kappa shape index (κ1) is 19.5. The smallest absolute Gasteiger partial charge is 0.340 e. The van der Waals surface area contributed by atoms with Gasteiger partial charge in [-0.05, 0) is 49.4 Å². The van der Waals surface area contributed by atoms with Crippen LogP contribution in [0.1, 0.15) is 33.3 Å². The number of ether oxygens (including phenoxy) is 1. The lowest BCUT2D eigenvalue weighted by Gasteiger charge is -2.10. The Morgan fingerprint density at radius 2 is 1.74 bits per heavy atom. The molecule has 5 nitrogen and oxygen atoms in total. The van der Waals surface area contributed by atoms with E-state index in [1.54, 1.807) is 31.3 Å². The lowest BCUT2D eigenvalue weighted by atomic mass is 10.1. The standard InChI is InChI=1S/C25H17BrN2O3/c1-2-31-25(30)19-14-21(24(29)17-7-10-18(26)11-8-17)28-20(19)12-9-16-6-5-15-4-3-13-27-22(15)23(16)28/h3-14H,2H2,1H3. The van der Waals surface area contributed by atoms with Gasteiger partial charge in [0.15, 0.2) is 0 Å². The molecule has 0 aliphatic rings. The van der Waals surface area contributed by atoms with E-state index in [4.69, 9.17) is 4.74 Å². The molecule has 5 rings (SSSR count). The number of hydrogen-bond donors (Lipinski definition) is 0. The van der Waals surface area contributed by atoms with Crippen molar-refractivity contribution in [2.24, 2.45) is 0 Å². The van der Waals surface area contributed by atoms with Gasteiger partial charge in [-0.2, -0.15) is 0 Å². The van der Waals surface area contributed by atoms with Crippen molar-refractivity contribution >= 4 is 55.0 Å². The lowest BCUT2D eigenvalue weighted by Crippen LogP contribution is -2.06. The molecule has 0 unspecified atom stereocenters. The number of fused-ring (bicyclic) bond motifs is 5. The number of benzene rings is 2. The van der Waals surface area contributed by atoms with Crippen LogP contribution in [0.4, 0.5) is 0 Å². The van der Waals surface area contributed by atoms with E-state index in [1.807, 2.05) is 52.9 Å². The molecule has 5 aromatic rings.